The Kier molecular flexibility index (Phi) is 13.8. The smallest absolute Gasteiger partial charge is 0.217 e. The van der Waals surface area contributed by atoms with Gasteiger partial charge >= 0.3 is 0 Å². The van der Waals surface area contributed by atoms with E-state index in [0.29, 0.717) is 30.7 Å². The molecule has 0 saturated carbocycles. The lowest BCUT2D eigenvalue weighted by Crippen LogP contribution is -2.53. The molecule has 0 aromatic rings. The zero-order valence-corrected chi connectivity index (χ0v) is 12.9. The molecule has 8 nitrogen and oxygen atoms in total. The molecule has 0 atom stereocenters. The summed E-state index contributed by atoms with van der Waals surface area (Å²) in [5.41, 5.74) is 0. The zero-order chi connectivity index (χ0) is 16.8. The third kappa shape index (κ3) is 13.9. The van der Waals surface area contributed by atoms with E-state index < -0.39 is 10.4 Å². The summed E-state index contributed by atoms with van der Waals surface area (Å²) in [5, 5.41) is 26.6. The third-order valence-electron chi connectivity index (χ3n) is 2.57. The Labute approximate surface area is 126 Å². The van der Waals surface area contributed by atoms with Crippen molar-refractivity contribution in [3.8, 4) is 0 Å². The van der Waals surface area contributed by atoms with Crippen LogP contribution in [0.15, 0.2) is 25.3 Å². The van der Waals surface area contributed by atoms with E-state index in [-0.39, 0.29) is 26.4 Å². The molecule has 0 heterocycles. The van der Waals surface area contributed by atoms with Crippen LogP contribution in [0.5, 0.6) is 0 Å². The minimum atomic E-state index is -4.51. The molecule has 0 fully saturated rings. The second kappa shape index (κ2) is 12.9. The molecule has 0 aliphatic carbocycles. The van der Waals surface area contributed by atoms with Gasteiger partial charge in [-0.25, -0.2) is 8.42 Å². The molecule has 0 aromatic heterocycles. The molecule has 0 aromatic carbocycles. The fourth-order valence-electron chi connectivity index (χ4n) is 1.65. The van der Waals surface area contributed by atoms with Gasteiger partial charge in [0.2, 0.25) is 10.4 Å². The van der Waals surface area contributed by atoms with Gasteiger partial charge in [-0.15, -0.1) is 6.58 Å². The van der Waals surface area contributed by atoms with Crippen LogP contribution < -0.4 is 0 Å². The van der Waals surface area contributed by atoms with E-state index >= 15 is 0 Å². The second-order valence-corrected chi connectivity index (χ2v) is 5.19. The maximum absolute atomic E-state index is 9.56. The van der Waals surface area contributed by atoms with Crippen molar-refractivity contribution >= 4 is 10.4 Å². The normalized spacial score (nSPS) is 11.4. The molecule has 0 spiro atoms. The summed E-state index contributed by atoms with van der Waals surface area (Å²) in [5.74, 6) is 0. The quantitative estimate of drug-likeness (QED) is 0.185. The van der Waals surface area contributed by atoms with Crippen LogP contribution in [0.4, 0.5) is 0 Å². The van der Waals surface area contributed by atoms with Gasteiger partial charge in [0.05, 0.1) is 33.0 Å². The number of aliphatic hydroxyl groups is 3. The predicted molar refractivity (Wildman–Crippen MR) is 77.0 cm³/mol. The minimum absolute atomic E-state index is 0.0633. The van der Waals surface area contributed by atoms with E-state index in [1.807, 2.05) is 0 Å². The Balaban J connectivity index is 0. The first kappa shape index (κ1) is 22.5. The van der Waals surface area contributed by atoms with Gasteiger partial charge in [-0.2, -0.15) is 0 Å². The lowest BCUT2D eigenvalue weighted by molar-refractivity contribution is -0.923. The molecule has 0 bridgehead atoms. The van der Waals surface area contributed by atoms with Gasteiger partial charge in [0.1, 0.15) is 19.6 Å². The standard InChI is InChI=1S/C9H20NO3.C3H6O4S/c1-2-3-10(4-7-11,5-8-12)6-9-13;1-2-3-7-8(4,5)6/h2,11-13H,1,3-9H2;2H,1,3H2,(H,4,5,6)/q+1;/p-1. The molecule has 0 amide bonds. The van der Waals surface area contributed by atoms with Gasteiger partial charge in [-0.3, -0.25) is 4.18 Å². The van der Waals surface area contributed by atoms with Crippen molar-refractivity contribution in [3.63, 3.8) is 0 Å². The fourth-order valence-corrected chi connectivity index (χ4v) is 1.91. The first-order valence-electron chi connectivity index (χ1n) is 6.30. The number of nitrogens with zero attached hydrogens (tertiary/aromatic N) is 1. The number of rotatable bonds is 11. The van der Waals surface area contributed by atoms with Gasteiger partial charge < -0.3 is 24.4 Å². The lowest BCUT2D eigenvalue weighted by atomic mass is 10.3. The van der Waals surface area contributed by atoms with E-state index in [4.69, 9.17) is 15.3 Å². The SMILES string of the molecule is C=CCOS(=O)(=O)[O-].C=CC[N+](CCO)(CCO)CCO. The summed E-state index contributed by atoms with van der Waals surface area (Å²) in [7, 11) is -4.51. The maximum atomic E-state index is 9.56. The van der Waals surface area contributed by atoms with E-state index in [2.05, 4.69) is 17.3 Å². The van der Waals surface area contributed by atoms with Crippen molar-refractivity contribution in [2.24, 2.45) is 0 Å². The van der Waals surface area contributed by atoms with Crippen molar-refractivity contribution in [2.45, 2.75) is 0 Å². The molecule has 126 valence electrons. The Hall–Kier alpha value is -0.810. The molecule has 3 N–H and O–H groups in total. The van der Waals surface area contributed by atoms with Gasteiger partial charge in [-0.05, 0) is 6.08 Å². The van der Waals surface area contributed by atoms with Crippen LogP contribution in [0.3, 0.4) is 0 Å². The minimum Gasteiger partial charge on any atom is -0.726 e. The van der Waals surface area contributed by atoms with Crippen molar-refractivity contribution in [3.05, 3.63) is 25.3 Å². The first-order chi connectivity index (χ1) is 9.80. The summed E-state index contributed by atoms with van der Waals surface area (Å²) >= 11 is 0. The van der Waals surface area contributed by atoms with Crippen LogP contribution in [0.1, 0.15) is 0 Å². The average molecular weight is 327 g/mol. The van der Waals surface area contributed by atoms with E-state index in [1.165, 1.54) is 6.08 Å². The molecule has 9 heteroatoms. The number of hydrogen-bond donors (Lipinski definition) is 3. The van der Waals surface area contributed by atoms with Crippen LogP contribution in [0, 0.1) is 0 Å². The van der Waals surface area contributed by atoms with E-state index in [1.54, 1.807) is 6.08 Å². The summed E-state index contributed by atoms with van der Waals surface area (Å²) in [4.78, 5) is 0. The van der Waals surface area contributed by atoms with Crippen molar-refractivity contribution < 1.29 is 37.0 Å². The highest BCUT2D eigenvalue weighted by atomic mass is 32.3. The molecule has 0 unspecified atom stereocenters. The fraction of sp³-hybridized carbons (Fsp3) is 0.667. The predicted octanol–water partition coefficient (Wildman–Crippen LogP) is -1.38. The van der Waals surface area contributed by atoms with Gasteiger partial charge in [0.25, 0.3) is 0 Å². The number of hydrogen-bond acceptors (Lipinski definition) is 7. The van der Waals surface area contributed by atoms with Crippen LogP contribution in [-0.2, 0) is 14.6 Å². The Morgan fingerprint density at radius 1 is 1.00 bits per heavy atom. The molecular weight excluding hydrogens is 302 g/mol. The maximum Gasteiger partial charge on any atom is 0.217 e. The number of aliphatic hydroxyl groups excluding tert-OH is 3. The van der Waals surface area contributed by atoms with E-state index in [9.17, 15) is 13.0 Å². The highest BCUT2D eigenvalue weighted by Gasteiger charge is 2.23. The van der Waals surface area contributed by atoms with Gasteiger partial charge in [0.15, 0.2) is 0 Å². The van der Waals surface area contributed by atoms with Crippen LogP contribution in [0.2, 0.25) is 0 Å². The zero-order valence-electron chi connectivity index (χ0n) is 12.1. The van der Waals surface area contributed by atoms with E-state index in [0.717, 1.165) is 0 Å². The molecule has 0 aliphatic heterocycles. The number of quaternary nitrogens is 1. The Bertz CT molecular complexity index is 353. The molecule has 0 rings (SSSR count). The summed E-state index contributed by atoms with van der Waals surface area (Å²) in [6.45, 7) is 9.01. The Morgan fingerprint density at radius 3 is 1.62 bits per heavy atom. The molecule has 0 saturated heterocycles. The lowest BCUT2D eigenvalue weighted by Gasteiger charge is -2.36. The van der Waals surface area contributed by atoms with Crippen LogP contribution >= 0.6 is 0 Å². The average Bonchev–Trinajstić information content (AvgIpc) is 2.37. The summed E-state index contributed by atoms with van der Waals surface area (Å²) in [6, 6.07) is 0. The van der Waals surface area contributed by atoms with Crippen molar-refractivity contribution in [2.75, 3.05) is 52.6 Å². The molecule has 0 aliphatic rings. The topological polar surface area (TPSA) is 127 Å². The second-order valence-electron chi connectivity index (χ2n) is 4.14. The molecular formula is C12H25NO7S. The summed E-state index contributed by atoms with van der Waals surface area (Å²) < 4.78 is 32.9. The first-order valence-corrected chi connectivity index (χ1v) is 7.64. The molecule has 0 radical (unpaired) electrons. The van der Waals surface area contributed by atoms with Crippen LogP contribution in [-0.4, -0.2) is 85.4 Å². The largest absolute Gasteiger partial charge is 0.726 e. The monoisotopic (exact) mass is 327 g/mol. The summed E-state index contributed by atoms with van der Waals surface area (Å²) in [6.07, 6.45) is 2.93. The van der Waals surface area contributed by atoms with Gasteiger partial charge in [-0.1, -0.05) is 12.7 Å². The van der Waals surface area contributed by atoms with Crippen molar-refractivity contribution in [1.82, 2.24) is 0 Å². The van der Waals surface area contributed by atoms with Crippen LogP contribution in [0.25, 0.3) is 0 Å². The molecule has 21 heavy (non-hydrogen) atoms. The highest BCUT2D eigenvalue weighted by Crippen LogP contribution is 2.05. The van der Waals surface area contributed by atoms with Gasteiger partial charge in [0, 0.05) is 0 Å². The Morgan fingerprint density at radius 2 is 1.43 bits per heavy atom. The highest BCUT2D eigenvalue weighted by molar-refractivity contribution is 7.80. The third-order valence-corrected chi connectivity index (χ3v) is 2.99. The van der Waals surface area contributed by atoms with Crippen molar-refractivity contribution in [1.29, 1.82) is 0 Å².